The second-order valence-electron chi connectivity index (χ2n) is 3.76. The third-order valence-corrected chi connectivity index (χ3v) is 2.51. The molecule has 0 N–H and O–H groups in total. The van der Waals surface area contributed by atoms with E-state index in [0.29, 0.717) is 12.2 Å². The van der Waals surface area contributed by atoms with Crippen molar-refractivity contribution in [2.75, 3.05) is 13.2 Å². The molecule has 1 saturated heterocycles. The molecule has 1 aliphatic rings. The summed E-state index contributed by atoms with van der Waals surface area (Å²) in [6, 6.07) is 0. The molecule has 0 saturated carbocycles. The Morgan fingerprint density at radius 2 is 1.92 bits per heavy atom. The zero-order chi connectivity index (χ0) is 9.52. The van der Waals surface area contributed by atoms with Gasteiger partial charge in [0.05, 0.1) is 12.7 Å². The first kappa shape index (κ1) is 11.0. The molecule has 1 fully saturated rings. The van der Waals surface area contributed by atoms with Gasteiger partial charge in [0.25, 0.3) is 0 Å². The minimum atomic E-state index is 0.413. The first-order valence-electron chi connectivity index (χ1n) is 5.61. The molecule has 0 bridgehead atoms. The first-order valence-corrected chi connectivity index (χ1v) is 5.61. The Morgan fingerprint density at radius 3 is 2.54 bits per heavy atom. The third-order valence-electron chi connectivity index (χ3n) is 2.51. The summed E-state index contributed by atoms with van der Waals surface area (Å²) in [5, 5.41) is 0. The molecule has 0 aliphatic carbocycles. The van der Waals surface area contributed by atoms with Gasteiger partial charge < -0.3 is 9.47 Å². The number of hydrogen-bond donors (Lipinski definition) is 0. The van der Waals surface area contributed by atoms with Gasteiger partial charge in [0, 0.05) is 6.61 Å². The highest BCUT2D eigenvalue weighted by molar-refractivity contribution is 4.82. The fraction of sp³-hybridized carbons (Fsp3) is 1.00. The van der Waals surface area contributed by atoms with E-state index >= 15 is 0 Å². The van der Waals surface area contributed by atoms with Gasteiger partial charge in [-0.15, -0.1) is 0 Å². The van der Waals surface area contributed by atoms with Crippen LogP contribution in [0, 0.1) is 0 Å². The van der Waals surface area contributed by atoms with Gasteiger partial charge in [-0.25, -0.2) is 0 Å². The molecule has 1 rings (SSSR count). The Bertz CT molecular complexity index is 125. The third kappa shape index (κ3) is 4.63. The summed E-state index contributed by atoms with van der Waals surface area (Å²) >= 11 is 0. The minimum absolute atomic E-state index is 0.413. The molecule has 0 aromatic carbocycles. The largest absolute Gasteiger partial charge is 0.379 e. The maximum absolute atomic E-state index is 5.51. The lowest BCUT2D eigenvalue weighted by molar-refractivity contribution is 0.113. The highest BCUT2D eigenvalue weighted by atomic mass is 16.6. The predicted octanol–water partition coefficient (Wildman–Crippen LogP) is 2.76. The average Bonchev–Trinajstić information content (AvgIpc) is 2.90. The number of rotatable bonds is 8. The van der Waals surface area contributed by atoms with E-state index in [0.717, 1.165) is 19.6 Å². The van der Waals surface area contributed by atoms with Crippen molar-refractivity contribution in [2.24, 2.45) is 0 Å². The van der Waals surface area contributed by atoms with Crippen LogP contribution in [0.25, 0.3) is 0 Å². The van der Waals surface area contributed by atoms with Gasteiger partial charge in [-0.3, -0.25) is 0 Å². The number of ether oxygens (including phenoxy) is 2. The average molecular weight is 186 g/mol. The van der Waals surface area contributed by atoms with E-state index in [9.17, 15) is 0 Å². The van der Waals surface area contributed by atoms with Crippen molar-refractivity contribution in [3.8, 4) is 0 Å². The molecule has 78 valence electrons. The quantitative estimate of drug-likeness (QED) is 0.429. The van der Waals surface area contributed by atoms with Crippen LogP contribution in [0.2, 0.25) is 0 Å². The van der Waals surface area contributed by atoms with Crippen LogP contribution in [0.3, 0.4) is 0 Å². The van der Waals surface area contributed by atoms with E-state index in [-0.39, 0.29) is 0 Å². The predicted molar refractivity (Wildman–Crippen MR) is 53.9 cm³/mol. The molecule has 0 aromatic rings. The van der Waals surface area contributed by atoms with Crippen LogP contribution >= 0.6 is 0 Å². The number of unbranched alkanes of at least 4 members (excludes halogenated alkanes) is 3. The van der Waals surface area contributed by atoms with E-state index in [1.807, 2.05) is 0 Å². The standard InChI is InChI=1S/C11H22O2/c1-3-5-6-7-8-12-9-11-10(4-2)13-11/h10-11H,3-9H2,1-2H3. The lowest BCUT2D eigenvalue weighted by atomic mass is 10.2. The van der Waals surface area contributed by atoms with Crippen molar-refractivity contribution in [1.29, 1.82) is 0 Å². The summed E-state index contributed by atoms with van der Waals surface area (Å²) in [4.78, 5) is 0. The fourth-order valence-corrected chi connectivity index (χ4v) is 1.52. The summed E-state index contributed by atoms with van der Waals surface area (Å²) in [6.45, 7) is 6.11. The van der Waals surface area contributed by atoms with Crippen LogP contribution in [0.15, 0.2) is 0 Å². The summed E-state index contributed by atoms with van der Waals surface area (Å²) in [5.74, 6) is 0. The lowest BCUT2D eigenvalue weighted by Crippen LogP contribution is -2.05. The smallest absolute Gasteiger partial charge is 0.107 e. The van der Waals surface area contributed by atoms with Crippen molar-refractivity contribution in [1.82, 2.24) is 0 Å². The molecule has 0 aromatic heterocycles. The Kier molecular flexibility index (Phi) is 5.40. The summed E-state index contributed by atoms with van der Waals surface area (Å²) in [5.41, 5.74) is 0. The molecule has 2 unspecified atom stereocenters. The molecular formula is C11H22O2. The van der Waals surface area contributed by atoms with E-state index in [1.54, 1.807) is 0 Å². The lowest BCUT2D eigenvalue weighted by Gasteiger charge is -2.00. The normalized spacial score (nSPS) is 26.3. The second-order valence-corrected chi connectivity index (χ2v) is 3.76. The van der Waals surface area contributed by atoms with Gasteiger partial charge in [-0.05, 0) is 12.8 Å². The fourth-order valence-electron chi connectivity index (χ4n) is 1.52. The van der Waals surface area contributed by atoms with Crippen molar-refractivity contribution < 1.29 is 9.47 Å². The highest BCUT2D eigenvalue weighted by Gasteiger charge is 2.36. The molecule has 0 spiro atoms. The zero-order valence-electron chi connectivity index (χ0n) is 8.92. The van der Waals surface area contributed by atoms with E-state index in [2.05, 4.69) is 13.8 Å². The maximum Gasteiger partial charge on any atom is 0.107 e. The summed E-state index contributed by atoms with van der Waals surface area (Å²) in [6.07, 6.45) is 7.18. The van der Waals surface area contributed by atoms with Crippen LogP contribution in [-0.2, 0) is 9.47 Å². The molecule has 2 nitrogen and oxygen atoms in total. The van der Waals surface area contributed by atoms with Crippen molar-refractivity contribution >= 4 is 0 Å². The molecule has 0 amide bonds. The van der Waals surface area contributed by atoms with E-state index in [4.69, 9.17) is 9.47 Å². The van der Waals surface area contributed by atoms with Crippen molar-refractivity contribution in [3.05, 3.63) is 0 Å². The highest BCUT2D eigenvalue weighted by Crippen LogP contribution is 2.24. The Balaban J connectivity index is 1.75. The van der Waals surface area contributed by atoms with Crippen LogP contribution in [-0.4, -0.2) is 25.4 Å². The van der Waals surface area contributed by atoms with Crippen LogP contribution in [0.4, 0.5) is 0 Å². The van der Waals surface area contributed by atoms with Crippen LogP contribution in [0.5, 0.6) is 0 Å². The van der Waals surface area contributed by atoms with Gasteiger partial charge >= 0.3 is 0 Å². The SMILES string of the molecule is CCCCCCOCC1OC1CC. The van der Waals surface area contributed by atoms with Crippen LogP contribution in [0.1, 0.15) is 46.0 Å². The molecule has 0 radical (unpaired) electrons. The van der Waals surface area contributed by atoms with Crippen LogP contribution < -0.4 is 0 Å². The molecule has 13 heavy (non-hydrogen) atoms. The molecule has 2 heteroatoms. The van der Waals surface area contributed by atoms with E-state index in [1.165, 1.54) is 25.7 Å². The molecule has 1 aliphatic heterocycles. The van der Waals surface area contributed by atoms with Crippen molar-refractivity contribution in [3.63, 3.8) is 0 Å². The summed E-state index contributed by atoms with van der Waals surface area (Å²) < 4.78 is 10.9. The molecular weight excluding hydrogens is 164 g/mol. The maximum atomic E-state index is 5.51. The molecule has 1 heterocycles. The Hall–Kier alpha value is -0.0800. The monoisotopic (exact) mass is 186 g/mol. The Labute approximate surface area is 81.6 Å². The van der Waals surface area contributed by atoms with Gasteiger partial charge in [0.1, 0.15) is 6.10 Å². The molecule has 2 atom stereocenters. The summed E-state index contributed by atoms with van der Waals surface area (Å²) in [7, 11) is 0. The van der Waals surface area contributed by atoms with Gasteiger partial charge in [-0.1, -0.05) is 33.1 Å². The van der Waals surface area contributed by atoms with Gasteiger partial charge in [0.2, 0.25) is 0 Å². The van der Waals surface area contributed by atoms with Gasteiger partial charge in [0.15, 0.2) is 0 Å². The zero-order valence-corrected chi connectivity index (χ0v) is 8.92. The second kappa shape index (κ2) is 6.39. The Morgan fingerprint density at radius 1 is 1.08 bits per heavy atom. The number of epoxide rings is 1. The van der Waals surface area contributed by atoms with E-state index < -0.39 is 0 Å². The van der Waals surface area contributed by atoms with Crippen molar-refractivity contribution in [2.45, 2.75) is 58.2 Å². The minimum Gasteiger partial charge on any atom is -0.379 e. The van der Waals surface area contributed by atoms with Gasteiger partial charge in [-0.2, -0.15) is 0 Å². The number of hydrogen-bond acceptors (Lipinski definition) is 2. The topological polar surface area (TPSA) is 21.8 Å². The first-order chi connectivity index (χ1) is 6.38.